The van der Waals surface area contributed by atoms with Crippen LogP contribution in [0.1, 0.15) is 39.8 Å². The number of aromatic nitrogens is 1. The second-order valence-electron chi connectivity index (χ2n) is 5.10. The van der Waals surface area contributed by atoms with Crippen LogP contribution >= 0.6 is 15.9 Å². The van der Waals surface area contributed by atoms with Crippen molar-refractivity contribution < 1.29 is 9.59 Å². The summed E-state index contributed by atoms with van der Waals surface area (Å²) >= 11 is 3.42. The smallest absolute Gasteiger partial charge is 0.269 e. The van der Waals surface area contributed by atoms with Gasteiger partial charge in [-0.15, -0.1) is 0 Å². The number of hydrogen-bond acceptors (Lipinski definition) is 3. The maximum absolute atomic E-state index is 12.3. The first-order chi connectivity index (χ1) is 11.0. The summed E-state index contributed by atoms with van der Waals surface area (Å²) in [6.07, 6.45) is 2.30. The first kappa shape index (κ1) is 17.1. The number of rotatable bonds is 5. The summed E-state index contributed by atoms with van der Waals surface area (Å²) in [5, 5.41) is 5.56. The van der Waals surface area contributed by atoms with E-state index in [0.717, 1.165) is 16.5 Å². The van der Waals surface area contributed by atoms with E-state index in [4.69, 9.17) is 0 Å². The van der Waals surface area contributed by atoms with Gasteiger partial charge in [0.25, 0.3) is 11.8 Å². The molecule has 1 heterocycles. The van der Waals surface area contributed by atoms with Crippen molar-refractivity contribution in [3.05, 3.63) is 57.8 Å². The zero-order chi connectivity index (χ0) is 16.8. The van der Waals surface area contributed by atoms with Gasteiger partial charge in [0.15, 0.2) is 0 Å². The number of hydrogen-bond donors (Lipinski definition) is 2. The summed E-state index contributed by atoms with van der Waals surface area (Å²) in [7, 11) is 0. The van der Waals surface area contributed by atoms with Crippen molar-refractivity contribution in [3.63, 3.8) is 0 Å². The molecule has 2 aromatic rings. The largest absolute Gasteiger partial charge is 0.351 e. The predicted octanol–water partition coefficient (Wildman–Crippen LogP) is 3.54. The molecule has 6 heteroatoms. The Morgan fingerprint density at radius 2 is 1.96 bits per heavy atom. The van der Waals surface area contributed by atoms with Crippen molar-refractivity contribution in [2.45, 2.75) is 20.3 Å². The minimum absolute atomic E-state index is 0.234. The van der Waals surface area contributed by atoms with Crippen LogP contribution in [0.25, 0.3) is 0 Å². The van der Waals surface area contributed by atoms with Crippen LogP contribution in [0.5, 0.6) is 0 Å². The molecule has 0 aliphatic carbocycles. The molecular formula is C17H18BrN3O2. The number of amides is 2. The van der Waals surface area contributed by atoms with Gasteiger partial charge in [-0.2, -0.15) is 0 Å². The first-order valence-electron chi connectivity index (χ1n) is 7.33. The molecule has 120 valence electrons. The molecule has 0 spiro atoms. The highest BCUT2D eigenvalue weighted by Gasteiger charge is 2.12. The molecule has 0 saturated heterocycles. The highest BCUT2D eigenvalue weighted by atomic mass is 79.9. The van der Waals surface area contributed by atoms with E-state index in [-0.39, 0.29) is 17.5 Å². The van der Waals surface area contributed by atoms with E-state index in [0.29, 0.717) is 17.8 Å². The van der Waals surface area contributed by atoms with Crippen molar-refractivity contribution in [2.75, 3.05) is 11.9 Å². The average Bonchev–Trinajstić information content (AvgIpc) is 2.56. The Labute approximate surface area is 143 Å². The molecule has 0 aliphatic heterocycles. The lowest BCUT2D eigenvalue weighted by Gasteiger charge is -2.08. The number of anilines is 1. The normalized spacial score (nSPS) is 10.2. The third kappa shape index (κ3) is 4.63. The lowest BCUT2D eigenvalue weighted by molar-refractivity contribution is 0.0948. The Morgan fingerprint density at radius 3 is 2.65 bits per heavy atom. The summed E-state index contributed by atoms with van der Waals surface area (Å²) in [5.41, 5.74) is 2.35. The number of halogens is 1. The van der Waals surface area contributed by atoms with Gasteiger partial charge in [-0.05, 0) is 49.2 Å². The minimum Gasteiger partial charge on any atom is -0.351 e. The quantitative estimate of drug-likeness (QED) is 0.839. The highest BCUT2D eigenvalue weighted by Crippen LogP contribution is 2.20. The number of nitrogens with one attached hydrogen (secondary N) is 2. The van der Waals surface area contributed by atoms with E-state index in [2.05, 4.69) is 31.5 Å². The van der Waals surface area contributed by atoms with E-state index in [9.17, 15) is 9.59 Å². The Bertz CT molecular complexity index is 732. The summed E-state index contributed by atoms with van der Waals surface area (Å²) in [6, 6.07) is 8.63. The van der Waals surface area contributed by atoms with Crippen molar-refractivity contribution in [3.8, 4) is 0 Å². The molecule has 0 bridgehead atoms. The van der Waals surface area contributed by atoms with Crippen LogP contribution in [-0.2, 0) is 0 Å². The second kappa shape index (κ2) is 7.87. The van der Waals surface area contributed by atoms with E-state index in [1.54, 1.807) is 6.07 Å². The summed E-state index contributed by atoms with van der Waals surface area (Å²) in [6.45, 7) is 4.50. The topological polar surface area (TPSA) is 71.1 Å². The summed E-state index contributed by atoms with van der Waals surface area (Å²) < 4.78 is 0.981. The third-order valence-electron chi connectivity index (χ3n) is 3.21. The molecule has 0 fully saturated rings. The average molecular weight is 376 g/mol. The number of pyridine rings is 1. The molecule has 0 unspecified atom stereocenters. The van der Waals surface area contributed by atoms with Gasteiger partial charge in [0.05, 0.1) is 0 Å². The zero-order valence-corrected chi connectivity index (χ0v) is 14.6. The van der Waals surface area contributed by atoms with Crippen LogP contribution in [0.2, 0.25) is 0 Å². The van der Waals surface area contributed by atoms with Gasteiger partial charge in [0.1, 0.15) is 5.69 Å². The third-order valence-corrected chi connectivity index (χ3v) is 4.10. The first-order valence-corrected chi connectivity index (χ1v) is 8.12. The lowest BCUT2D eigenvalue weighted by Crippen LogP contribution is -2.25. The van der Waals surface area contributed by atoms with Gasteiger partial charge < -0.3 is 10.6 Å². The number of carbonyl (C=O) groups excluding carboxylic acids is 2. The van der Waals surface area contributed by atoms with Crippen LogP contribution in [-0.4, -0.2) is 23.3 Å². The maximum Gasteiger partial charge on any atom is 0.269 e. The summed E-state index contributed by atoms with van der Waals surface area (Å²) in [4.78, 5) is 28.2. The standard InChI is InChI=1S/C17H18BrN3O2/c1-3-7-20-17(23)15-10-12(6-8-19-15)16(22)21-13-4-5-14(18)11(2)9-13/h4-6,8-10H,3,7H2,1-2H3,(H,20,23)(H,21,22). The van der Waals surface area contributed by atoms with Crippen LogP contribution < -0.4 is 10.6 Å². The van der Waals surface area contributed by atoms with Crippen molar-refractivity contribution in [1.29, 1.82) is 0 Å². The van der Waals surface area contributed by atoms with Gasteiger partial charge in [0, 0.05) is 28.5 Å². The predicted molar refractivity (Wildman–Crippen MR) is 93.7 cm³/mol. The molecule has 0 aliphatic rings. The molecule has 0 radical (unpaired) electrons. The van der Waals surface area contributed by atoms with Crippen molar-refractivity contribution in [2.24, 2.45) is 0 Å². The molecule has 0 saturated carbocycles. The fourth-order valence-corrected chi connectivity index (χ4v) is 2.20. The fraction of sp³-hybridized carbons (Fsp3) is 0.235. The fourth-order valence-electron chi connectivity index (χ4n) is 1.95. The van der Waals surface area contributed by atoms with Gasteiger partial charge in [0.2, 0.25) is 0 Å². The number of aryl methyl sites for hydroxylation is 1. The van der Waals surface area contributed by atoms with E-state index < -0.39 is 0 Å². The lowest BCUT2D eigenvalue weighted by atomic mass is 10.2. The van der Waals surface area contributed by atoms with Crippen LogP contribution in [0.4, 0.5) is 5.69 Å². The second-order valence-corrected chi connectivity index (χ2v) is 5.96. The molecular weight excluding hydrogens is 358 g/mol. The van der Waals surface area contributed by atoms with Crippen LogP contribution in [0, 0.1) is 6.92 Å². The molecule has 0 atom stereocenters. The summed E-state index contributed by atoms with van der Waals surface area (Å²) in [5.74, 6) is -0.556. The highest BCUT2D eigenvalue weighted by molar-refractivity contribution is 9.10. The number of benzene rings is 1. The van der Waals surface area contributed by atoms with Crippen LogP contribution in [0.15, 0.2) is 41.0 Å². The molecule has 1 aromatic heterocycles. The molecule has 1 aromatic carbocycles. The van der Waals surface area contributed by atoms with Gasteiger partial charge in [-0.1, -0.05) is 22.9 Å². The molecule has 2 amide bonds. The maximum atomic E-state index is 12.3. The molecule has 23 heavy (non-hydrogen) atoms. The van der Waals surface area contributed by atoms with E-state index in [1.165, 1.54) is 12.3 Å². The van der Waals surface area contributed by atoms with E-state index in [1.807, 2.05) is 32.0 Å². The number of carbonyl (C=O) groups is 2. The monoisotopic (exact) mass is 375 g/mol. The van der Waals surface area contributed by atoms with E-state index >= 15 is 0 Å². The van der Waals surface area contributed by atoms with Gasteiger partial charge >= 0.3 is 0 Å². The molecule has 2 rings (SSSR count). The minimum atomic E-state index is -0.279. The van der Waals surface area contributed by atoms with Crippen LogP contribution in [0.3, 0.4) is 0 Å². The van der Waals surface area contributed by atoms with Crippen molar-refractivity contribution >= 4 is 33.4 Å². The van der Waals surface area contributed by atoms with Gasteiger partial charge in [-0.3, -0.25) is 14.6 Å². The Balaban J connectivity index is 2.13. The number of nitrogens with zero attached hydrogens (tertiary/aromatic N) is 1. The Hall–Kier alpha value is -2.21. The van der Waals surface area contributed by atoms with Crippen molar-refractivity contribution in [1.82, 2.24) is 10.3 Å². The Kier molecular flexibility index (Phi) is 5.87. The molecule has 2 N–H and O–H groups in total. The molecule has 5 nitrogen and oxygen atoms in total. The zero-order valence-electron chi connectivity index (χ0n) is 13.0. The van der Waals surface area contributed by atoms with Gasteiger partial charge in [-0.25, -0.2) is 0 Å². The Morgan fingerprint density at radius 1 is 1.17 bits per heavy atom. The SMILES string of the molecule is CCCNC(=O)c1cc(C(=O)Nc2ccc(Br)c(C)c2)ccn1.